The monoisotopic (exact) mass is 237 g/mol. The van der Waals surface area contributed by atoms with Crippen molar-refractivity contribution in [1.82, 2.24) is 10.3 Å². The predicted octanol–water partition coefficient (Wildman–Crippen LogP) is 0.0480. The molecule has 6 nitrogen and oxygen atoms in total. The van der Waals surface area contributed by atoms with E-state index in [4.69, 9.17) is 10.3 Å². The average molecular weight is 237 g/mol. The lowest BCUT2D eigenvalue weighted by molar-refractivity contribution is -0.121. The Morgan fingerprint density at radius 1 is 1.47 bits per heavy atom. The summed E-state index contributed by atoms with van der Waals surface area (Å²) in [5, 5.41) is 0. The van der Waals surface area contributed by atoms with Gasteiger partial charge in [-0.05, 0) is 6.07 Å². The first-order valence-corrected chi connectivity index (χ1v) is 5.51. The lowest BCUT2D eigenvalue weighted by atomic mass is 10.1. The number of furan rings is 1. The van der Waals surface area contributed by atoms with E-state index in [0.29, 0.717) is 36.5 Å². The molecule has 0 atom stereocenters. The normalized spacial score (nSPS) is 17.1. The molecule has 0 spiro atoms. The van der Waals surface area contributed by atoms with Gasteiger partial charge in [-0.3, -0.25) is 19.9 Å². The van der Waals surface area contributed by atoms with Crippen LogP contribution in [0.2, 0.25) is 0 Å². The van der Waals surface area contributed by atoms with Gasteiger partial charge in [0, 0.05) is 25.9 Å². The molecular formula is C11H15N3O3. The molecule has 1 amide bonds. The van der Waals surface area contributed by atoms with Crippen molar-refractivity contribution in [2.75, 3.05) is 13.1 Å². The minimum absolute atomic E-state index is 0.309. The zero-order valence-electron chi connectivity index (χ0n) is 9.44. The van der Waals surface area contributed by atoms with Crippen molar-refractivity contribution < 1.29 is 14.0 Å². The Morgan fingerprint density at radius 3 is 2.82 bits per heavy atom. The molecule has 3 N–H and O–H groups in total. The minimum atomic E-state index is -0.367. The highest BCUT2D eigenvalue weighted by Crippen LogP contribution is 2.13. The van der Waals surface area contributed by atoms with Gasteiger partial charge in [-0.15, -0.1) is 0 Å². The maximum Gasteiger partial charge on any atom is 0.268 e. The summed E-state index contributed by atoms with van der Waals surface area (Å²) in [7, 11) is 0. The molecule has 0 aromatic carbocycles. The summed E-state index contributed by atoms with van der Waals surface area (Å²) in [5.74, 6) is 5.67. The van der Waals surface area contributed by atoms with E-state index >= 15 is 0 Å². The molecule has 1 fully saturated rings. The van der Waals surface area contributed by atoms with Gasteiger partial charge in [0.2, 0.25) is 0 Å². The Bertz CT molecular complexity index is 417. The van der Waals surface area contributed by atoms with Crippen LogP contribution in [0.25, 0.3) is 0 Å². The van der Waals surface area contributed by atoms with E-state index in [2.05, 4.69) is 4.90 Å². The van der Waals surface area contributed by atoms with Crippen LogP contribution in [0, 0.1) is 0 Å². The zero-order valence-corrected chi connectivity index (χ0v) is 9.44. The van der Waals surface area contributed by atoms with Crippen LogP contribution in [0.15, 0.2) is 16.7 Å². The van der Waals surface area contributed by atoms with Gasteiger partial charge in [0.15, 0.2) is 0 Å². The highest BCUT2D eigenvalue weighted by molar-refractivity contribution is 5.93. The summed E-state index contributed by atoms with van der Waals surface area (Å²) in [6, 6.07) is 1.67. The number of Topliss-reactive ketones (excluding diaryl/α,β-unsaturated/α-hetero) is 1. The third-order valence-electron chi connectivity index (χ3n) is 2.84. The van der Waals surface area contributed by atoms with Crippen LogP contribution in [-0.4, -0.2) is 29.7 Å². The van der Waals surface area contributed by atoms with Crippen molar-refractivity contribution in [3.8, 4) is 0 Å². The number of carbonyl (C=O) groups is 2. The van der Waals surface area contributed by atoms with Crippen molar-refractivity contribution in [3.05, 3.63) is 23.7 Å². The van der Waals surface area contributed by atoms with Gasteiger partial charge in [-0.25, -0.2) is 5.84 Å². The van der Waals surface area contributed by atoms with Gasteiger partial charge in [0.05, 0.1) is 12.1 Å². The van der Waals surface area contributed by atoms with Crippen LogP contribution in [-0.2, 0) is 11.3 Å². The average Bonchev–Trinajstić information content (AvgIpc) is 2.80. The molecular weight excluding hydrogens is 222 g/mol. The van der Waals surface area contributed by atoms with Gasteiger partial charge in [0.25, 0.3) is 5.91 Å². The van der Waals surface area contributed by atoms with Crippen molar-refractivity contribution in [2.45, 2.75) is 19.4 Å². The molecule has 1 aliphatic heterocycles. The molecule has 0 radical (unpaired) electrons. The number of hydrazine groups is 1. The second-order valence-electron chi connectivity index (χ2n) is 4.09. The Morgan fingerprint density at radius 2 is 2.18 bits per heavy atom. The summed E-state index contributed by atoms with van der Waals surface area (Å²) in [6.45, 7) is 2.11. The summed E-state index contributed by atoms with van der Waals surface area (Å²) in [5.41, 5.74) is 2.46. The van der Waals surface area contributed by atoms with Gasteiger partial charge in [-0.1, -0.05) is 0 Å². The number of hydrogen-bond donors (Lipinski definition) is 2. The number of nitrogens with two attached hydrogens (primary N) is 1. The van der Waals surface area contributed by atoms with E-state index in [1.807, 2.05) is 5.43 Å². The van der Waals surface area contributed by atoms with E-state index in [0.717, 1.165) is 13.1 Å². The highest BCUT2D eigenvalue weighted by Gasteiger charge is 2.18. The molecule has 0 aliphatic carbocycles. The van der Waals surface area contributed by atoms with E-state index in [9.17, 15) is 9.59 Å². The van der Waals surface area contributed by atoms with Crippen LogP contribution in [0.1, 0.15) is 29.0 Å². The molecule has 2 rings (SSSR count). The van der Waals surface area contributed by atoms with Crippen molar-refractivity contribution in [3.63, 3.8) is 0 Å². The van der Waals surface area contributed by atoms with Crippen molar-refractivity contribution in [2.24, 2.45) is 5.84 Å². The molecule has 0 bridgehead atoms. The Labute approximate surface area is 98.7 Å². The molecule has 1 aromatic heterocycles. The SMILES string of the molecule is NNC(=O)c1coc(CN2CCC(=O)CC2)c1. The van der Waals surface area contributed by atoms with Gasteiger partial charge in [-0.2, -0.15) is 0 Å². The number of rotatable bonds is 3. The lowest BCUT2D eigenvalue weighted by Crippen LogP contribution is -2.33. The van der Waals surface area contributed by atoms with Crippen molar-refractivity contribution >= 4 is 11.7 Å². The Hall–Kier alpha value is -1.66. The molecule has 1 saturated heterocycles. The van der Waals surface area contributed by atoms with Crippen molar-refractivity contribution in [1.29, 1.82) is 0 Å². The minimum Gasteiger partial charge on any atom is -0.467 e. The van der Waals surface area contributed by atoms with E-state index in [1.54, 1.807) is 6.07 Å². The number of carbonyl (C=O) groups excluding carboxylic acids is 2. The fourth-order valence-corrected chi connectivity index (χ4v) is 1.85. The molecule has 6 heteroatoms. The fraction of sp³-hybridized carbons (Fsp3) is 0.455. The third kappa shape index (κ3) is 2.92. The predicted molar refractivity (Wildman–Crippen MR) is 59.9 cm³/mol. The first kappa shape index (κ1) is 11.8. The lowest BCUT2D eigenvalue weighted by Gasteiger charge is -2.24. The van der Waals surface area contributed by atoms with Gasteiger partial charge < -0.3 is 4.42 Å². The smallest absolute Gasteiger partial charge is 0.268 e. The second-order valence-corrected chi connectivity index (χ2v) is 4.09. The quantitative estimate of drug-likeness (QED) is 0.440. The maximum absolute atomic E-state index is 11.2. The molecule has 1 aromatic rings. The fourth-order valence-electron chi connectivity index (χ4n) is 1.85. The van der Waals surface area contributed by atoms with Crippen LogP contribution >= 0.6 is 0 Å². The number of ketones is 1. The first-order valence-electron chi connectivity index (χ1n) is 5.51. The molecule has 92 valence electrons. The van der Waals surface area contributed by atoms with Gasteiger partial charge in [0.1, 0.15) is 17.8 Å². The number of hydrogen-bond acceptors (Lipinski definition) is 5. The maximum atomic E-state index is 11.2. The van der Waals surface area contributed by atoms with Crippen LogP contribution < -0.4 is 11.3 Å². The third-order valence-corrected chi connectivity index (χ3v) is 2.84. The zero-order chi connectivity index (χ0) is 12.3. The molecule has 17 heavy (non-hydrogen) atoms. The molecule has 0 saturated carbocycles. The summed E-state index contributed by atoms with van der Waals surface area (Å²) < 4.78 is 5.27. The summed E-state index contributed by atoms with van der Waals surface area (Å²) in [4.78, 5) is 24.4. The van der Waals surface area contributed by atoms with Crippen LogP contribution in [0.3, 0.4) is 0 Å². The number of nitrogen functional groups attached to an aromatic ring is 1. The van der Waals surface area contributed by atoms with E-state index in [1.165, 1.54) is 6.26 Å². The largest absolute Gasteiger partial charge is 0.467 e. The van der Waals surface area contributed by atoms with Crippen LogP contribution in [0.5, 0.6) is 0 Å². The molecule has 1 aliphatic rings. The van der Waals surface area contributed by atoms with Crippen LogP contribution in [0.4, 0.5) is 0 Å². The Kier molecular flexibility index (Phi) is 3.55. The summed E-state index contributed by atoms with van der Waals surface area (Å²) >= 11 is 0. The number of nitrogens with one attached hydrogen (secondary N) is 1. The highest BCUT2D eigenvalue weighted by atomic mass is 16.3. The van der Waals surface area contributed by atoms with Gasteiger partial charge >= 0.3 is 0 Å². The first-order chi connectivity index (χ1) is 8.19. The van der Waals surface area contributed by atoms with E-state index < -0.39 is 0 Å². The second kappa shape index (κ2) is 5.11. The number of nitrogens with zero attached hydrogens (tertiary/aromatic N) is 1. The number of amides is 1. The van der Waals surface area contributed by atoms with E-state index in [-0.39, 0.29) is 5.91 Å². The topological polar surface area (TPSA) is 88.6 Å². The molecule has 2 heterocycles. The standard InChI is InChI=1S/C11H15N3O3/c12-13-11(16)8-5-10(17-7-8)6-14-3-1-9(15)2-4-14/h5,7H,1-4,6,12H2,(H,13,16). The number of likely N-dealkylation sites (tertiary alicyclic amines) is 1. The Balaban J connectivity index is 1.93. The molecule has 0 unspecified atom stereocenters. The number of piperidine rings is 1. The summed E-state index contributed by atoms with van der Waals surface area (Å²) in [6.07, 6.45) is 2.57.